The molecule has 0 aliphatic carbocycles. The van der Waals surface area contributed by atoms with Gasteiger partial charge in [0.15, 0.2) is 0 Å². The first-order valence-corrected chi connectivity index (χ1v) is 9.76. The van der Waals surface area contributed by atoms with E-state index in [1.54, 1.807) is 19.2 Å². The molecule has 2 nitrogen and oxygen atoms in total. The Balaban J connectivity index is 2.49. The van der Waals surface area contributed by atoms with Crippen molar-refractivity contribution in [2.75, 3.05) is 7.11 Å². The van der Waals surface area contributed by atoms with E-state index in [-0.39, 0.29) is 10.4 Å². The molecule has 24 heavy (non-hydrogen) atoms. The molecule has 0 aromatic heterocycles. The predicted molar refractivity (Wildman–Crippen MR) is 109 cm³/mol. The molecule has 0 bridgehead atoms. The second-order valence-electron chi connectivity index (χ2n) is 6.46. The molecule has 0 heterocycles. The van der Waals surface area contributed by atoms with Gasteiger partial charge in [-0.05, 0) is 49.3 Å². The van der Waals surface area contributed by atoms with Gasteiger partial charge in [-0.3, -0.25) is 0 Å². The number of aryl methyl sites for hydroxylation is 1. The number of phenolic OH excluding ortho intramolecular Hbond substituents is 1. The van der Waals surface area contributed by atoms with Crippen molar-refractivity contribution < 1.29 is 9.84 Å². The van der Waals surface area contributed by atoms with Gasteiger partial charge in [0.1, 0.15) is 11.5 Å². The second kappa shape index (κ2) is 7.80. The summed E-state index contributed by atoms with van der Waals surface area (Å²) >= 11 is 4.66. The SMILES string of the molecule is CCC(C)(Pc1ccc(C)cc1C(C)S)c1cc(OC)ccc1O. The van der Waals surface area contributed by atoms with Gasteiger partial charge in [-0.2, -0.15) is 12.6 Å². The van der Waals surface area contributed by atoms with Crippen LogP contribution in [0.25, 0.3) is 0 Å². The van der Waals surface area contributed by atoms with Crippen molar-refractivity contribution in [3.63, 3.8) is 0 Å². The molecule has 0 saturated heterocycles. The molecule has 1 N–H and O–H groups in total. The Morgan fingerprint density at radius 3 is 2.54 bits per heavy atom. The summed E-state index contributed by atoms with van der Waals surface area (Å²) in [6, 6.07) is 12.1. The van der Waals surface area contributed by atoms with E-state index in [4.69, 9.17) is 4.74 Å². The maximum absolute atomic E-state index is 10.4. The molecule has 3 unspecified atom stereocenters. The first kappa shape index (κ1) is 19.1. The lowest BCUT2D eigenvalue weighted by molar-refractivity contribution is 0.408. The van der Waals surface area contributed by atoms with Crippen LogP contribution < -0.4 is 10.0 Å². The molecule has 2 aromatic rings. The molecular weight excluding hydrogens is 335 g/mol. The third-order valence-corrected chi connectivity index (χ3v) is 6.75. The Morgan fingerprint density at radius 1 is 1.25 bits per heavy atom. The van der Waals surface area contributed by atoms with Crippen LogP contribution in [-0.2, 0) is 5.16 Å². The number of hydrogen-bond donors (Lipinski definition) is 2. The van der Waals surface area contributed by atoms with Crippen LogP contribution in [-0.4, -0.2) is 12.2 Å². The van der Waals surface area contributed by atoms with Gasteiger partial charge in [0, 0.05) is 16.0 Å². The molecule has 4 heteroatoms. The molecule has 0 amide bonds. The third kappa shape index (κ3) is 4.07. The fourth-order valence-electron chi connectivity index (χ4n) is 2.87. The molecule has 2 aromatic carbocycles. The second-order valence-corrected chi connectivity index (χ2v) is 9.13. The van der Waals surface area contributed by atoms with Gasteiger partial charge in [-0.1, -0.05) is 46.2 Å². The zero-order valence-electron chi connectivity index (χ0n) is 15.1. The smallest absolute Gasteiger partial charge is 0.119 e. The molecule has 0 fully saturated rings. The number of hydrogen-bond acceptors (Lipinski definition) is 3. The van der Waals surface area contributed by atoms with Crippen LogP contribution >= 0.6 is 21.2 Å². The third-order valence-electron chi connectivity index (χ3n) is 4.57. The highest BCUT2D eigenvalue weighted by Crippen LogP contribution is 2.48. The zero-order valence-corrected chi connectivity index (χ0v) is 16.9. The zero-order chi connectivity index (χ0) is 17.9. The Morgan fingerprint density at radius 2 is 1.96 bits per heavy atom. The van der Waals surface area contributed by atoms with E-state index in [1.807, 2.05) is 6.07 Å². The summed E-state index contributed by atoms with van der Waals surface area (Å²) in [7, 11) is 2.20. The minimum atomic E-state index is -0.148. The number of thiol groups is 1. The molecule has 3 atom stereocenters. The standard InChI is InChI=1S/C20H27O2PS/c1-6-20(4,17-12-15(22-5)8-9-18(17)21)23-19-10-7-13(2)11-16(19)14(3)24/h7-12,14,21,23-24H,6H2,1-5H3. The maximum Gasteiger partial charge on any atom is 0.119 e. The van der Waals surface area contributed by atoms with Crippen LogP contribution in [0.3, 0.4) is 0 Å². The molecule has 0 radical (unpaired) electrons. The van der Waals surface area contributed by atoms with Crippen LogP contribution in [0.15, 0.2) is 36.4 Å². The summed E-state index contributed by atoms with van der Waals surface area (Å²) in [5.74, 6) is 1.11. The summed E-state index contributed by atoms with van der Waals surface area (Å²) in [6.07, 6.45) is 0.931. The fourth-order valence-corrected chi connectivity index (χ4v) is 4.91. The first-order chi connectivity index (χ1) is 11.3. The van der Waals surface area contributed by atoms with Crippen molar-refractivity contribution >= 4 is 26.5 Å². The number of rotatable bonds is 6. The van der Waals surface area contributed by atoms with Crippen LogP contribution in [0, 0.1) is 6.92 Å². The van der Waals surface area contributed by atoms with E-state index in [1.165, 1.54) is 16.4 Å². The largest absolute Gasteiger partial charge is 0.508 e. The molecule has 0 aliphatic rings. The van der Waals surface area contributed by atoms with E-state index >= 15 is 0 Å². The number of ether oxygens (including phenoxy) is 1. The molecule has 0 spiro atoms. The van der Waals surface area contributed by atoms with Crippen molar-refractivity contribution in [3.05, 3.63) is 53.1 Å². The summed E-state index contributed by atoms with van der Waals surface area (Å²) < 4.78 is 5.36. The van der Waals surface area contributed by atoms with Crippen molar-refractivity contribution in [1.29, 1.82) is 0 Å². The van der Waals surface area contributed by atoms with Crippen molar-refractivity contribution in [3.8, 4) is 11.5 Å². The topological polar surface area (TPSA) is 29.5 Å². The van der Waals surface area contributed by atoms with Crippen LogP contribution in [0.1, 0.15) is 49.1 Å². The van der Waals surface area contributed by atoms with Gasteiger partial charge in [0.2, 0.25) is 0 Å². The minimum Gasteiger partial charge on any atom is -0.508 e. The van der Waals surface area contributed by atoms with Crippen LogP contribution in [0.2, 0.25) is 0 Å². The molecule has 0 aliphatic heterocycles. The van der Waals surface area contributed by atoms with Gasteiger partial charge < -0.3 is 9.84 Å². The summed E-state index contributed by atoms with van der Waals surface area (Å²) in [6.45, 7) is 8.61. The molecule has 2 rings (SSSR count). The highest BCUT2D eigenvalue weighted by Gasteiger charge is 2.29. The number of phenols is 1. The highest BCUT2D eigenvalue weighted by molar-refractivity contribution is 7.80. The molecule has 130 valence electrons. The Labute approximate surface area is 152 Å². The van der Waals surface area contributed by atoms with Gasteiger partial charge in [0.05, 0.1) is 7.11 Å². The molecule has 0 saturated carbocycles. The van der Waals surface area contributed by atoms with Crippen molar-refractivity contribution in [1.82, 2.24) is 0 Å². The quantitative estimate of drug-likeness (QED) is 0.537. The lowest BCUT2D eigenvalue weighted by Crippen LogP contribution is -2.20. The van der Waals surface area contributed by atoms with Crippen LogP contribution in [0.5, 0.6) is 11.5 Å². The Bertz CT molecular complexity index is 715. The lowest BCUT2D eigenvalue weighted by Gasteiger charge is -2.31. The van der Waals surface area contributed by atoms with Crippen LogP contribution in [0.4, 0.5) is 0 Å². The van der Waals surface area contributed by atoms with E-state index in [9.17, 15) is 5.11 Å². The summed E-state index contributed by atoms with van der Waals surface area (Å²) in [5.41, 5.74) is 3.47. The maximum atomic E-state index is 10.4. The summed E-state index contributed by atoms with van der Waals surface area (Å²) in [5, 5.41) is 11.8. The van der Waals surface area contributed by atoms with Crippen molar-refractivity contribution in [2.45, 2.75) is 44.5 Å². The van der Waals surface area contributed by atoms with E-state index in [0.717, 1.165) is 17.7 Å². The Hall–Kier alpha value is -1.18. The first-order valence-electron chi connectivity index (χ1n) is 8.25. The average molecular weight is 362 g/mol. The van der Waals surface area contributed by atoms with Crippen molar-refractivity contribution in [2.24, 2.45) is 0 Å². The highest BCUT2D eigenvalue weighted by atomic mass is 32.1. The van der Waals surface area contributed by atoms with E-state index in [2.05, 4.69) is 58.5 Å². The fraction of sp³-hybridized carbons (Fsp3) is 0.400. The van der Waals surface area contributed by atoms with E-state index < -0.39 is 0 Å². The number of benzene rings is 2. The number of aromatic hydroxyl groups is 1. The van der Waals surface area contributed by atoms with E-state index in [0.29, 0.717) is 14.3 Å². The molecular formula is C20H27O2PS. The van der Waals surface area contributed by atoms with Gasteiger partial charge in [0.25, 0.3) is 0 Å². The predicted octanol–water partition coefficient (Wildman–Crippen LogP) is 5.33. The Kier molecular flexibility index (Phi) is 6.22. The average Bonchev–Trinajstić information content (AvgIpc) is 2.56. The van der Waals surface area contributed by atoms with Gasteiger partial charge in [-0.25, -0.2) is 0 Å². The normalized spacial score (nSPS) is 15.4. The number of methoxy groups -OCH3 is 1. The van der Waals surface area contributed by atoms with Gasteiger partial charge >= 0.3 is 0 Å². The summed E-state index contributed by atoms with van der Waals surface area (Å²) in [4.78, 5) is 0. The van der Waals surface area contributed by atoms with Gasteiger partial charge in [-0.15, -0.1) is 0 Å². The monoisotopic (exact) mass is 362 g/mol. The minimum absolute atomic E-state index is 0.148. The lowest BCUT2D eigenvalue weighted by atomic mass is 9.96.